The molecule has 1 heterocycles. The summed E-state index contributed by atoms with van der Waals surface area (Å²) in [6, 6.07) is 6.91. The second-order valence-corrected chi connectivity index (χ2v) is 7.61. The fraction of sp³-hybridized carbons (Fsp3) is 0.500. The molecule has 0 aliphatic carbocycles. The lowest BCUT2D eigenvalue weighted by atomic mass is 10.1. The minimum Gasteiger partial charge on any atom is -0.389 e. The maximum Gasteiger partial charge on any atom is 0.243 e. The number of benzene rings is 1. The van der Waals surface area contributed by atoms with E-state index in [-0.39, 0.29) is 15.9 Å². The Hall–Kier alpha value is -1.02. The van der Waals surface area contributed by atoms with Crippen LogP contribution in [0.1, 0.15) is 18.9 Å². The van der Waals surface area contributed by atoms with Crippen molar-refractivity contribution < 1.29 is 8.42 Å². The van der Waals surface area contributed by atoms with Crippen LogP contribution in [0.15, 0.2) is 29.2 Å². The van der Waals surface area contributed by atoms with Gasteiger partial charge < -0.3 is 10.6 Å². The maximum atomic E-state index is 12.9. The van der Waals surface area contributed by atoms with Gasteiger partial charge in [-0.2, -0.15) is 4.31 Å². The summed E-state index contributed by atoms with van der Waals surface area (Å²) in [6.07, 6.45) is 0.916. The highest BCUT2D eigenvalue weighted by atomic mass is 32.2. The largest absolute Gasteiger partial charge is 0.389 e. The summed E-state index contributed by atoms with van der Waals surface area (Å²) in [5, 5.41) is 0. The van der Waals surface area contributed by atoms with E-state index in [9.17, 15) is 8.42 Å². The lowest BCUT2D eigenvalue weighted by Gasteiger charge is -2.38. The number of likely N-dealkylation sites (N-methyl/N-ethyl adjacent to an activating group) is 1. The molecule has 1 aromatic carbocycles. The first-order chi connectivity index (χ1) is 9.87. The molecule has 1 aliphatic rings. The van der Waals surface area contributed by atoms with Crippen LogP contribution in [-0.4, -0.2) is 55.3 Å². The summed E-state index contributed by atoms with van der Waals surface area (Å²) in [7, 11) is -1.54. The number of nitrogens with two attached hydrogens (primary N) is 1. The van der Waals surface area contributed by atoms with Crippen molar-refractivity contribution in [3.05, 3.63) is 29.8 Å². The Labute approximate surface area is 131 Å². The standard InChI is InChI=1S/C14H21N3O2S2/c1-3-11-10-17(9-8-16(11)2)21(18,19)13-7-5-4-6-12(13)14(15)20/h4-7,11H,3,8-10H2,1-2H3,(H2,15,20). The number of sulfonamides is 1. The molecule has 1 saturated heterocycles. The third kappa shape index (κ3) is 3.26. The molecule has 1 aromatic rings. The lowest BCUT2D eigenvalue weighted by Crippen LogP contribution is -2.53. The second-order valence-electron chi connectivity index (χ2n) is 5.27. The summed E-state index contributed by atoms with van der Waals surface area (Å²) in [6.45, 7) is 3.79. The van der Waals surface area contributed by atoms with E-state index in [0.717, 1.165) is 13.0 Å². The van der Waals surface area contributed by atoms with Crippen LogP contribution in [0.2, 0.25) is 0 Å². The lowest BCUT2D eigenvalue weighted by molar-refractivity contribution is 0.144. The quantitative estimate of drug-likeness (QED) is 0.837. The number of piperazine rings is 1. The molecule has 0 radical (unpaired) electrons. The van der Waals surface area contributed by atoms with Gasteiger partial charge >= 0.3 is 0 Å². The zero-order valence-electron chi connectivity index (χ0n) is 12.3. The number of hydrogen-bond acceptors (Lipinski definition) is 4. The highest BCUT2D eigenvalue weighted by Gasteiger charge is 2.33. The molecule has 0 amide bonds. The highest BCUT2D eigenvalue weighted by Crippen LogP contribution is 2.23. The van der Waals surface area contributed by atoms with Crippen molar-refractivity contribution >= 4 is 27.2 Å². The topological polar surface area (TPSA) is 66.6 Å². The van der Waals surface area contributed by atoms with Crippen molar-refractivity contribution in [1.82, 2.24) is 9.21 Å². The SMILES string of the molecule is CCC1CN(S(=O)(=O)c2ccccc2C(N)=S)CCN1C. The van der Waals surface area contributed by atoms with Crippen LogP contribution in [0.3, 0.4) is 0 Å². The zero-order chi connectivity index (χ0) is 15.6. The van der Waals surface area contributed by atoms with E-state index >= 15 is 0 Å². The maximum absolute atomic E-state index is 12.9. The van der Waals surface area contributed by atoms with E-state index in [0.29, 0.717) is 18.7 Å². The summed E-state index contributed by atoms with van der Waals surface area (Å²) in [5.41, 5.74) is 6.07. The Morgan fingerprint density at radius 1 is 1.38 bits per heavy atom. The number of nitrogens with zero attached hydrogens (tertiary/aromatic N) is 2. The molecule has 0 spiro atoms. The van der Waals surface area contributed by atoms with Gasteiger partial charge in [0.2, 0.25) is 10.0 Å². The van der Waals surface area contributed by atoms with Gasteiger partial charge in [-0.05, 0) is 19.5 Å². The third-order valence-electron chi connectivity index (χ3n) is 3.98. The molecular formula is C14H21N3O2S2. The van der Waals surface area contributed by atoms with Crippen LogP contribution in [0.5, 0.6) is 0 Å². The predicted molar refractivity (Wildman–Crippen MR) is 87.8 cm³/mol. The Balaban J connectivity index is 2.37. The average molecular weight is 327 g/mol. The molecule has 7 heteroatoms. The van der Waals surface area contributed by atoms with Crippen molar-refractivity contribution in [3.8, 4) is 0 Å². The highest BCUT2D eigenvalue weighted by molar-refractivity contribution is 7.89. The van der Waals surface area contributed by atoms with Gasteiger partial charge in [-0.3, -0.25) is 0 Å². The molecule has 1 aliphatic heterocycles. The van der Waals surface area contributed by atoms with Gasteiger partial charge in [0.25, 0.3) is 0 Å². The van der Waals surface area contributed by atoms with E-state index in [1.807, 2.05) is 7.05 Å². The van der Waals surface area contributed by atoms with E-state index in [1.165, 1.54) is 4.31 Å². The molecule has 0 saturated carbocycles. The summed E-state index contributed by atoms with van der Waals surface area (Å²) < 4.78 is 27.3. The predicted octanol–water partition coefficient (Wildman–Crippen LogP) is 1.04. The molecule has 0 bridgehead atoms. The molecule has 1 atom stereocenters. The van der Waals surface area contributed by atoms with E-state index < -0.39 is 10.0 Å². The molecule has 1 unspecified atom stereocenters. The molecule has 116 valence electrons. The van der Waals surface area contributed by atoms with Crippen molar-refractivity contribution in [2.45, 2.75) is 24.3 Å². The molecule has 2 rings (SSSR count). The van der Waals surface area contributed by atoms with E-state index in [4.69, 9.17) is 18.0 Å². The molecule has 1 fully saturated rings. The van der Waals surface area contributed by atoms with Crippen LogP contribution in [0.25, 0.3) is 0 Å². The second kappa shape index (κ2) is 6.39. The van der Waals surface area contributed by atoms with E-state index in [1.54, 1.807) is 24.3 Å². The van der Waals surface area contributed by atoms with Crippen molar-refractivity contribution in [1.29, 1.82) is 0 Å². The number of thiocarbonyl (C=S) groups is 1. The number of rotatable bonds is 4. The fourth-order valence-corrected chi connectivity index (χ4v) is 4.53. The van der Waals surface area contributed by atoms with Crippen LogP contribution in [-0.2, 0) is 10.0 Å². The Kier molecular flexibility index (Phi) is 4.98. The van der Waals surface area contributed by atoms with Gasteiger partial charge in [-0.15, -0.1) is 0 Å². The van der Waals surface area contributed by atoms with Gasteiger partial charge in [-0.1, -0.05) is 37.3 Å². The molecule has 2 N–H and O–H groups in total. The van der Waals surface area contributed by atoms with Crippen LogP contribution >= 0.6 is 12.2 Å². The van der Waals surface area contributed by atoms with Crippen LogP contribution < -0.4 is 5.73 Å². The van der Waals surface area contributed by atoms with Crippen molar-refractivity contribution in [2.75, 3.05) is 26.7 Å². The number of hydrogen-bond donors (Lipinski definition) is 1. The smallest absolute Gasteiger partial charge is 0.243 e. The van der Waals surface area contributed by atoms with Crippen LogP contribution in [0, 0.1) is 0 Å². The Morgan fingerprint density at radius 2 is 2.05 bits per heavy atom. The normalized spacial score (nSPS) is 21.3. The van der Waals surface area contributed by atoms with Gasteiger partial charge in [-0.25, -0.2) is 8.42 Å². The molecule has 5 nitrogen and oxygen atoms in total. The monoisotopic (exact) mass is 327 g/mol. The third-order valence-corrected chi connectivity index (χ3v) is 6.12. The van der Waals surface area contributed by atoms with Gasteiger partial charge in [0.15, 0.2) is 0 Å². The minimum atomic E-state index is -3.56. The Morgan fingerprint density at radius 3 is 2.67 bits per heavy atom. The van der Waals surface area contributed by atoms with Gasteiger partial charge in [0.05, 0.1) is 4.90 Å². The summed E-state index contributed by atoms with van der Waals surface area (Å²) in [4.78, 5) is 2.51. The van der Waals surface area contributed by atoms with Crippen molar-refractivity contribution in [3.63, 3.8) is 0 Å². The summed E-state index contributed by atoms with van der Waals surface area (Å²) in [5.74, 6) is 0. The minimum absolute atomic E-state index is 0.107. The molecular weight excluding hydrogens is 306 g/mol. The Bertz CT molecular complexity index is 631. The zero-order valence-corrected chi connectivity index (χ0v) is 14.0. The molecule has 21 heavy (non-hydrogen) atoms. The first kappa shape index (κ1) is 16.4. The van der Waals surface area contributed by atoms with Gasteiger partial charge in [0, 0.05) is 31.2 Å². The van der Waals surface area contributed by atoms with Gasteiger partial charge in [0.1, 0.15) is 4.99 Å². The van der Waals surface area contributed by atoms with Crippen molar-refractivity contribution in [2.24, 2.45) is 5.73 Å². The summed E-state index contributed by atoms with van der Waals surface area (Å²) >= 11 is 4.97. The van der Waals surface area contributed by atoms with E-state index in [2.05, 4.69) is 11.8 Å². The first-order valence-electron chi connectivity index (χ1n) is 6.97. The molecule has 0 aromatic heterocycles. The fourth-order valence-electron chi connectivity index (χ4n) is 2.61. The average Bonchev–Trinajstić information content (AvgIpc) is 2.47. The first-order valence-corrected chi connectivity index (χ1v) is 8.82. The van der Waals surface area contributed by atoms with Crippen LogP contribution in [0.4, 0.5) is 0 Å².